The Kier molecular flexibility index (Phi) is 3.79. The lowest BCUT2D eigenvalue weighted by molar-refractivity contribution is 0.295. The molecule has 19 heavy (non-hydrogen) atoms. The Labute approximate surface area is 116 Å². The van der Waals surface area contributed by atoms with E-state index in [1.54, 1.807) is 0 Å². The van der Waals surface area contributed by atoms with Crippen molar-refractivity contribution in [3.05, 3.63) is 28.8 Å². The van der Waals surface area contributed by atoms with Gasteiger partial charge in [-0.1, -0.05) is 13.0 Å². The molecule has 0 amide bonds. The predicted octanol–water partition coefficient (Wildman–Crippen LogP) is 3.76. The van der Waals surface area contributed by atoms with Crippen LogP contribution in [0, 0.1) is 5.92 Å². The molecule has 2 heteroatoms. The standard InChI is InChI=1S/C17H25NO/c1-2-16(18)14-9-10-17(19-11-12-7-8-12)15-6-4-3-5-13(14)15/h9-10,12,16H,2-8,11,18H2,1H3. The Morgan fingerprint density at radius 1 is 1.21 bits per heavy atom. The van der Waals surface area contributed by atoms with Crippen LogP contribution >= 0.6 is 0 Å². The average molecular weight is 259 g/mol. The van der Waals surface area contributed by atoms with Gasteiger partial charge in [0.05, 0.1) is 6.61 Å². The van der Waals surface area contributed by atoms with E-state index in [1.165, 1.54) is 55.2 Å². The molecular weight excluding hydrogens is 234 g/mol. The maximum absolute atomic E-state index is 6.26. The summed E-state index contributed by atoms with van der Waals surface area (Å²) in [6.07, 6.45) is 8.63. The third kappa shape index (κ3) is 2.79. The predicted molar refractivity (Wildman–Crippen MR) is 78.5 cm³/mol. The van der Waals surface area contributed by atoms with Crippen molar-refractivity contribution < 1.29 is 4.74 Å². The van der Waals surface area contributed by atoms with E-state index in [4.69, 9.17) is 10.5 Å². The van der Waals surface area contributed by atoms with Crippen molar-refractivity contribution in [2.75, 3.05) is 6.61 Å². The fourth-order valence-electron chi connectivity index (χ4n) is 3.06. The van der Waals surface area contributed by atoms with Crippen molar-refractivity contribution >= 4 is 0 Å². The van der Waals surface area contributed by atoms with Crippen LogP contribution in [0.1, 0.15) is 61.8 Å². The maximum atomic E-state index is 6.26. The second-order valence-electron chi connectivity index (χ2n) is 6.09. The average Bonchev–Trinajstić information content (AvgIpc) is 3.28. The Hall–Kier alpha value is -1.02. The molecule has 1 saturated carbocycles. The fourth-order valence-corrected chi connectivity index (χ4v) is 3.06. The molecule has 0 heterocycles. The number of hydrogen-bond donors (Lipinski definition) is 1. The lowest BCUT2D eigenvalue weighted by atomic mass is 9.85. The van der Waals surface area contributed by atoms with Crippen LogP contribution in [0.2, 0.25) is 0 Å². The molecule has 0 bridgehead atoms. The Morgan fingerprint density at radius 3 is 2.63 bits per heavy atom. The smallest absolute Gasteiger partial charge is 0.122 e. The SMILES string of the molecule is CCC(N)c1ccc(OCC2CC2)c2c1CCCC2. The molecule has 0 aromatic heterocycles. The molecular formula is C17H25NO. The van der Waals surface area contributed by atoms with Gasteiger partial charge in [0.1, 0.15) is 5.75 Å². The van der Waals surface area contributed by atoms with Crippen molar-refractivity contribution in [3.8, 4) is 5.75 Å². The lowest BCUT2D eigenvalue weighted by Crippen LogP contribution is -2.16. The number of rotatable bonds is 5. The molecule has 0 radical (unpaired) electrons. The van der Waals surface area contributed by atoms with E-state index < -0.39 is 0 Å². The first kappa shape index (κ1) is 13.0. The minimum Gasteiger partial charge on any atom is -0.493 e. The first-order valence-corrected chi connectivity index (χ1v) is 7.82. The van der Waals surface area contributed by atoms with E-state index in [0.717, 1.165) is 24.7 Å². The quantitative estimate of drug-likeness (QED) is 0.873. The van der Waals surface area contributed by atoms with Gasteiger partial charge in [0, 0.05) is 6.04 Å². The van der Waals surface area contributed by atoms with Gasteiger partial charge in [0.25, 0.3) is 0 Å². The van der Waals surface area contributed by atoms with Crippen LogP contribution in [0.15, 0.2) is 12.1 Å². The molecule has 2 nitrogen and oxygen atoms in total. The van der Waals surface area contributed by atoms with Crippen LogP contribution in [0.4, 0.5) is 0 Å². The summed E-state index contributed by atoms with van der Waals surface area (Å²) in [6, 6.07) is 4.56. The summed E-state index contributed by atoms with van der Waals surface area (Å²) in [6.45, 7) is 3.07. The van der Waals surface area contributed by atoms with Gasteiger partial charge in [-0.05, 0) is 73.6 Å². The van der Waals surface area contributed by atoms with Crippen molar-refractivity contribution in [3.63, 3.8) is 0 Å². The topological polar surface area (TPSA) is 35.2 Å². The number of ether oxygens (including phenoxy) is 1. The van der Waals surface area contributed by atoms with E-state index in [2.05, 4.69) is 19.1 Å². The van der Waals surface area contributed by atoms with Crippen LogP contribution in [0.25, 0.3) is 0 Å². The number of hydrogen-bond acceptors (Lipinski definition) is 2. The largest absolute Gasteiger partial charge is 0.493 e. The van der Waals surface area contributed by atoms with Crippen LogP contribution in [-0.4, -0.2) is 6.61 Å². The summed E-state index contributed by atoms with van der Waals surface area (Å²) in [5, 5.41) is 0. The van der Waals surface area contributed by atoms with Crippen LogP contribution in [0.3, 0.4) is 0 Å². The summed E-state index contributed by atoms with van der Waals surface area (Å²) < 4.78 is 6.06. The maximum Gasteiger partial charge on any atom is 0.122 e. The highest BCUT2D eigenvalue weighted by Gasteiger charge is 2.24. The highest BCUT2D eigenvalue weighted by molar-refractivity contribution is 5.47. The van der Waals surface area contributed by atoms with Crippen LogP contribution < -0.4 is 10.5 Å². The van der Waals surface area contributed by atoms with E-state index in [1.807, 2.05) is 0 Å². The van der Waals surface area contributed by atoms with Crippen LogP contribution in [-0.2, 0) is 12.8 Å². The first-order valence-electron chi connectivity index (χ1n) is 7.82. The van der Waals surface area contributed by atoms with Gasteiger partial charge < -0.3 is 10.5 Å². The third-order valence-electron chi connectivity index (χ3n) is 4.54. The van der Waals surface area contributed by atoms with Crippen LogP contribution in [0.5, 0.6) is 5.75 Å². The summed E-state index contributed by atoms with van der Waals surface area (Å²) in [7, 11) is 0. The van der Waals surface area contributed by atoms with Crippen molar-refractivity contribution in [2.45, 2.75) is 57.9 Å². The zero-order valence-electron chi connectivity index (χ0n) is 12.0. The summed E-state index contributed by atoms with van der Waals surface area (Å²) in [5.74, 6) is 1.95. The van der Waals surface area contributed by atoms with E-state index >= 15 is 0 Å². The van der Waals surface area contributed by atoms with Gasteiger partial charge in [-0.25, -0.2) is 0 Å². The summed E-state index contributed by atoms with van der Waals surface area (Å²) in [5.41, 5.74) is 10.6. The molecule has 1 atom stereocenters. The monoisotopic (exact) mass is 259 g/mol. The molecule has 1 unspecified atom stereocenters. The van der Waals surface area contributed by atoms with Crippen molar-refractivity contribution in [1.29, 1.82) is 0 Å². The van der Waals surface area contributed by atoms with E-state index in [0.29, 0.717) is 0 Å². The molecule has 0 spiro atoms. The molecule has 2 aliphatic rings. The molecule has 2 aliphatic carbocycles. The second-order valence-corrected chi connectivity index (χ2v) is 6.09. The lowest BCUT2D eigenvalue weighted by Gasteiger charge is -2.25. The molecule has 2 N–H and O–H groups in total. The minimum absolute atomic E-state index is 0.185. The zero-order valence-corrected chi connectivity index (χ0v) is 12.0. The third-order valence-corrected chi connectivity index (χ3v) is 4.54. The van der Waals surface area contributed by atoms with Crippen molar-refractivity contribution in [2.24, 2.45) is 11.7 Å². The Morgan fingerprint density at radius 2 is 1.95 bits per heavy atom. The molecule has 0 saturated heterocycles. The second kappa shape index (κ2) is 5.54. The Balaban J connectivity index is 1.88. The number of nitrogens with two attached hydrogens (primary N) is 1. The fraction of sp³-hybridized carbons (Fsp3) is 0.647. The van der Waals surface area contributed by atoms with Gasteiger partial charge >= 0.3 is 0 Å². The van der Waals surface area contributed by atoms with Gasteiger partial charge in [-0.15, -0.1) is 0 Å². The summed E-state index contributed by atoms with van der Waals surface area (Å²) in [4.78, 5) is 0. The molecule has 0 aliphatic heterocycles. The normalized spacial score (nSPS) is 19.9. The minimum atomic E-state index is 0.185. The molecule has 1 aromatic rings. The van der Waals surface area contributed by atoms with E-state index in [-0.39, 0.29) is 6.04 Å². The molecule has 1 aromatic carbocycles. The van der Waals surface area contributed by atoms with Gasteiger partial charge in [0.15, 0.2) is 0 Å². The van der Waals surface area contributed by atoms with Crippen molar-refractivity contribution in [1.82, 2.24) is 0 Å². The number of benzene rings is 1. The highest BCUT2D eigenvalue weighted by Crippen LogP contribution is 2.36. The zero-order chi connectivity index (χ0) is 13.2. The van der Waals surface area contributed by atoms with E-state index in [9.17, 15) is 0 Å². The Bertz CT molecular complexity index is 451. The highest BCUT2D eigenvalue weighted by atomic mass is 16.5. The first-order chi connectivity index (χ1) is 9.29. The molecule has 1 fully saturated rings. The molecule has 104 valence electrons. The molecule has 3 rings (SSSR count). The summed E-state index contributed by atoms with van der Waals surface area (Å²) >= 11 is 0. The number of fused-ring (bicyclic) bond motifs is 1. The van der Waals surface area contributed by atoms with Gasteiger partial charge in [0.2, 0.25) is 0 Å². The van der Waals surface area contributed by atoms with Gasteiger partial charge in [-0.2, -0.15) is 0 Å². The van der Waals surface area contributed by atoms with Gasteiger partial charge in [-0.3, -0.25) is 0 Å².